The molecule has 1 aliphatic rings. The molecule has 0 aliphatic carbocycles. The number of hydrogen-bond donors (Lipinski definition) is 0. The minimum Gasteiger partial charge on any atom is -0.486 e. The van der Waals surface area contributed by atoms with Crippen LogP contribution < -0.4 is 9.47 Å². The first-order valence-corrected chi connectivity index (χ1v) is 7.81. The normalized spacial score (nSPS) is 14.8. The molecule has 1 aliphatic heterocycles. The zero-order valence-electron chi connectivity index (χ0n) is 11.1. The summed E-state index contributed by atoms with van der Waals surface area (Å²) in [6, 6.07) is 11.3. The van der Waals surface area contributed by atoms with Crippen LogP contribution in [0, 0.1) is 0 Å². The monoisotopic (exact) mass is 342 g/mol. The van der Waals surface area contributed by atoms with Crippen LogP contribution in [0.4, 0.5) is 0 Å². The van der Waals surface area contributed by atoms with Gasteiger partial charge in [0.2, 0.25) is 0 Å². The van der Waals surface area contributed by atoms with E-state index in [4.69, 9.17) is 44.3 Å². The third-order valence-corrected chi connectivity index (χ3v) is 4.46. The van der Waals surface area contributed by atoms with Crippen LogP contribution in [0.2, 0.25) is 10.0 Å². The van der Waals surface area contributed by atoms with E-state index in [0.29, 0.717) is 29.7 Å². The predicted molar refractivity (Wildman–Crippen MR) is 86.2 cm³/mol. The molecule has 1 heterocycles. The molecule has 0 N–H and O–H groups in total. The molecule has 2 aromatic carbocycles. The van der Waals surface area contributed by atoms with Crippen molar-refractivity contribution in [2.24, 2.45) is 0 Å². The van der Waals surface area contributed by atoms with Gasteiger partial charge in [-0.25, -0.2) is 0 Å². The highest BCUT2D eigenvalue weighted by Gasteiger charge is 2.21. The number of benzene rings is 2. The van der Waals surface area contributed by atoms with Crippen molar-refractivity contribution >= 4 is 34.8 Å². The van der Waals surface area contributed by atoms with Crippen molar-refractivity contribution < 1.29 is 9.47 Å². The van der Waals surface area contributed by atoms with Crippen LogP contribution in [0.25, 0.3) is 0 Å². The first kappa shape index (κ1) is 14.8. The Labute approximate surface area is 138 Å². The van der Waals surface area contributed by atoms with E-state index in [1.54, 1.807) is 6.07 Å². The molecule has 5 heteroatoms. The number of halogens is 3. The fourth-order valence-electron chi connectivity index (χ4n) is 2.33. The van der Waals surface area contributed by atoms with Gasteiger partial charge in [-0.1, -0.05) is 41.4 Å². The third kappa shape index (κ3) is 3.23. The third-order valence-electron chi connectivity index (χ3n) is 3.33. The summed E-state index contributed by atoms with van der Waals surface area (Å²) in [6.45, 7) is 1.11. The van der Waals surface area contributed by atoms with Crippen molar-refractivity contribution in [3.05, 3.63) is 57.6 Å². The molecule has 0 radical (unpaired) electrons. The highest BCUT2D eigenvalue weighted by molar-refractivity contribution is 6.42. The number of para-hydroxylation sites is 1. The molecule has 0 amide bonds. The lowest BCUT2D eigenvalue weighted by atomic mass is 10.0. The van der Waals surface area contributed by atoms with Crippen molar-refractivity contribution in [2.45, 2.75) is 11.8 Å². The van der Waals surface area contributed by atoms with Gasteiger partial charge in [-0.15, -0.1) is 11.6 Å². The predicted octanol–water partition coefficient (Wildman–Crippen LogP) is 5.29. The molecule has 0 fully saturated rings. The van der Waals surface area contributed by atoms with Crippen LogP contribution in [0.15, 0.2) is 36.4 Å². The zero-order valence-corrected chi connectivity index (χ0v) is 13.4. The Hall–Kier alpha value is -1.09. The Morgan fingerprint density at radius 1 is 1.00 bits per heavy atom. The summed E-state index contributed by atoms with van der Waals surface area (Å²) in [5.74, 6) is 1.49. The Balaban J connectivity index is 1.85. The molecule has 1 unspecified atom stereocenters. The first-order valence-electron chi connectivity index (χ1n) is 6.61. The van der Waals surface area contributed by atoms with E-state index in [9.17, 15) is 0 Å². The van der Waals surface area contributed by atoms with Crippen LogP contribution >= 0.6 is 34.8 Å². The molecule has 21 heavy (non-hydrogen) atoms. The van der Waals surface area contributed by atoms with Crippen molar-refractivity contribution in [2.75, 3.05) is 13.2 Å². The lowest BCUT2D eigenvalue weighted by Crippen LogP contribution is -2.17. The number of alkyl halides is 1. The lowest BCUT2D eigenvalue weighted by Gasteiger charge is -2.23. The van der Waals surface area contributed by atoms with E-state index in [-0.39, 0.29) is 5.38 Å². The maximum atomic E-state index is 6.56. The van der Waals surface area contributed by atoms with Crippen LogP contribution in [-0.2, 0) is 6.42 Å². The van der Waals surface area contributed by atoms with Crippen LogP contribution in [0.3, 0.4) is 0 Å². The Morgan fingerprint density at radius 2 is 1.81 bits per heavy atom. The molecule has 0 saturated heterocycles. The van der Waals surface area contributed by atoms with Crippen molar-refractivity contribution in [3.8, 4) is 11.5 Å². The van der Waals surface area contributed by atoms with Gasteiger partial charge in [-0.2, -0.15) is 0 Å². The molecule has 0 bridgehead atoms. The van der Waals surface area contributed by atoms with Crippen molar-refractivity contribution in [1.29, 1.82) is 0 Å². The average Bonchev–Trinajstić information content (AvgIpc) is 2.50. The van der Waals surface area contributed by atoms with Gasteiger partial charge < -0.3 is 9.47 Å². The lowest BCUT2D eigenvalue weighted by molar-refractivity contribution is 0.170. The fourth-order valence-corrected chi connectivity index (χ4v) is 3.00. The van der Waals surface area contributed by atoms with Gasteiger partial charge in [0, 0.05) is 5.56 Å². The minimum absolute atomic E-state index is 0.223. The van der Waals surface area contributed by atoms with Gasteiger partial charge in [0.15, 0.2) is 11.5 Å². The molecular formula is C16H13Cl3O2. The molecule has 2 nitrogen and oxygen atoms in total. The van der Waals surface area contributed by atoms with Crippen molar-refractivity contribution in [1.82, 2.24) is 0 Å². The largest absolute Gasteiger partial charge is 0.486 e. The summed E-state index contributed by atoms with van der Waals surface area (Å²) in [5, 5.41) is 0.854. The summed E-state index contributed by atoms with van der Waals surface area (Å²) in [4.78, 5) is 0. The fraction of sp³-hybridized carbons (Fsp3) is 0.250. The second kappa shape index (κ2) is 6.35. The summed E-state index contributed by atoms with van der Waals surface area (Å²) in [5.41, 5.74) is 1.96. The van der Waals surface area contributed by atoms with E-state index in [1.165, 1.54) is 0 Å². The summed E-state index contributed by atoms with van der Waals surface area (Å²) < 4.78 is 11.3. The second-order valence-corrected chi connectivity index (χ2v) is 6.13. The molecule has 0 aromatic heterocycles. The molecule has 0 spiro atoms. The highest BCUT2D eigenvalue weighted by atomic mass is 35.5. The zero-order chi connectivity index (χ0) is 14.8. The van der Waals surface area contributed by atoms with E-state index in [1.807, 2.05) is 30.3 Å². The number of hydrogen-bond acceptors (Lipinski definition) is 2. The highest BCUT2D eigenvalue weighted by Crippen LogP contribution is 2.40. The van der Waals surface area contributed by atoms with E-state index >= 15 is 0 Å². The average molecular weight is 344 g/mol. The summed E-state index contributed by atoms with van der Waals surface area (Å²) >= 11 is 18.5. The van der Waals surface area contributed by atoms with Gasteiger partial charge in [-0.3, -0.25) is 0 Å². The summed E-state index contributed by atoms with van der Waals surface area (Å²) in [7, 11) is 0. The van der Waals surface area contributed by atoms with Crippen LogP contribution in [0.5, 0.6) is 11.5 Å². The number of fused-ring (bicyclic) bond motifs is 1. The standard InChI is InChI=1S/C16H13Cl3O2/c17-12-5-4-10(9-14(12)19)8-13(18)11-2-1-3-15-16(11)21-7-6-20-15/h1-5,9,13H,6-8H2. The summed E-state index contributed by atoms with van der Waals surface area (Å²) in [6.07, 6.45) is 0.637. The van der Waals surface area contributed by atoms with Gasteiger partial charge in [0.1, 0.15) is 13.2 Å². The van der Waals surface area contributed by atoms with Gasteiger partial charge in [0.05, 0.1) is 15.4 Å². The second-order valence-electron chi connectivity index (χ2n) is 4.79. The molecule has 1 atom stereocenters. The SMILES string of the molecule is Clc1ccc(CC(Cl)c2cccc3c2OCCO3)cc1Cl. The maximum Gasteiger partial charge on any atom is 0.166 e. The van der Waals surface area contributed by atoms with E-state index in [2.05, 4.69) is 0 Å². The molecule has 2 aromatic rings. The molecule has 3 rings (SSSR count). The number of ether oxygens (including phenoxy) is 2. The maximum absolute atomic E-state index is 6.56. The molecular weight excluding hydrogens is 331 g/mol. The molecule has 0 saturated carbocycles. The smallest absolute Gasteiger partial charge is 0.166 e. The van der Waals surface area contributed by atoms with Crippen LogP contribution in [0.1, 0.15) is 16.5 Å². The van der Waals surface area contributed by atoms with Crippen LogP contribution in [-0.4, -0.2) is 13.2 Å². The van der Waals surface area contributed by atoms with Gasteiger partial charge in [-0.05, 0) is 30.2 Å². The van der Waals surface area contributed by atoms with Crippen molar-refractivity contribution in [3.63, 3.8) is 0 Å². The van der Waals surface area contributed by atoms with Gasteiger partial charge in [0.25, 0.3) is 0 Å². The quantitative estimate of drug-likeness (QED) is 0.705. The Kier molecular flexibility index (Phi) is 4.48. The molecule has 110 valence electrons. The number of rotatable bonds is 3. The van der Waals surface area contributed by atoms with Gasteiger partial charge >= 0.3 is 0 Å². The Morgan fingerprint density at radius 3 is 2.62 bits per heavy atom. The first-order chi connectivity index (χ1) is 10.1. The van der Waals surface area contributed by atoms with E-state index in [0.717, 1.165) is 22.6 Å². The van der Waals surface area contributed by atoms with E-state index < -0.39 is 0 Å². The topological polar surface area (TPSA) is 18.5 Å². The Bertz CT molecular complexity index is 658. The minimum atomic E-state index is -0.223.